The molecule has 0 saturated heterocycles. The van der Waals surface area contributed by atoms with Crippen LogP contribution in [0.3, 0.4) is 0 Å². The minimum atomic E-state index is -4.16. The summed E-state index contributed by atoms with van der Waals surface area (Å²) in [4.78, 5) is 0. The highest BCUT2D eigenvalue weighted by molar-refractivity contribution is 5.19. The molecule has 1 nitrogen and oxygen atoms in total. The summed E-state index contributed by atoms with van der Waals surface area (Å²) < 4.78 is 73.8. The fourth-order valence-electron chi connectivity index (χ4n) is 1.52. The average Bonchev–Trinajstić information content (AvgIpc) is 2.29. The first-order chi connectivity index (χ1) is 8.79. The maximum Gasteiger partial charge on any atom is 0.389 e. The van der Waals surface area contributed by atoms with Gasteiger partial charge in [0.1, 0.15) is 0 Å². The molecule has 0 aliphatic carbocycles. The van der Waals surface area contributed by atoms with E-state index in [-0.39, 0.29) is 25.1 Å². The molecule has 0 fully saturated rings. The first kappa shape index (κ1) is 15.8. The first-order valence-electron chi connectivity index (χ1n) is 5.70. The fraction of sp³-hybridized carbons (Fsp3) is 0.500. The fourth-order valence-corrected chi connectivity index (χ4v) is 1.52. The van der Waals surface area contributed by atoms with Crippen molar-refractivity contribution in [1.29, 1.82) is 0 Å². The van der Waals surface area contributed by atoms with Gasteiger partial charge in [0.15, 0.2) is 17.5 Å². The van der Waals surface area contributed by atoms with Crippen LogP contribution in [0, 0.1) is 17.5 Å². The molecule has 1 rings (SSSR count). The predicted molar refractivity (Wildman–Crippen MR) is 57.9 cm³/mol. The summed E-state index contributed by atoms with van der Waals surface area (Å²) in [5.41, 5.74) is 0.201. The molecule has 0 unspecified atom stereocenters. The van der Waals surface area contributed by atoms with Crippen molar-refractivity contribution in [3.63, 3.8) is 0 Å². The highest BCUT2D eigenvalue weighted by Gasteiger charge is 2.25. The third-order valence-corrected chi connectivity index (χ3v) is 2.44. The summed E-state index contributed by atoms with van der Waals surface area (Å²) in [6, 6.07) is 1.70. The maximum atomic E-state index is 12.8. The molecule has 0 radical (unpaired) electrons. The minimum Gasteiger partial charge on any atom is -0.313 e. The Kier molecular flexibility index (Phi) is 5.65. The Bertz CT molecular complexity index is 392. The minimum absolute atomic E-state index is 0.0113. The lowest BCUT2D eigenvalue weighted by atomic mass is 10.2. The van der Waals surface area contributed by atoms with Gasteiger partial charge >= 0.3 is 6.18 Å². The smallest absolute Gasteiger partial charge is 0.313 e. The van der Waals surface area contributed by atoms with Gasteiger partial charge in [-0.2, -0.15) is 13.2 Å². The topological polar surface area (TPSA) is 12.0 Å². The quantitative estimate of drug-likeness (QED) is 0.474. The Morgan fingerprint density at radius 2 is 1.53 bits per heavy atom. The van der Waals surface area contributed by atoms with Gasteiger partial charge in [0.2, 0.25) is 0 Å². The van der Waals surface area contributed by atoms with E-state index in [1.54, 1.807) is 0 Å². The monoisotopic (exact) mass is 285 g/mol. The number of hydrogen-bond acceptors (Lipinski definition) is 1. The van der Waals surface area contributed by atoms with Crippen LogP contribution in [0.15, 0.2) is 12.1 Å². The second-order valence-corrected chi connectivity index (χ2v) is 4.12. The number of benzene rings is 1. The van der Waals surface area contributed by atoms with Crippen LogP contribution in [-0.4, -0.2) is 12.7 Å². The predicted octanol–water partition coefficient (Wildman–Crippen LogP) is 3.93. The van der Waals surface area contributed by atoms with Crippen molar-refractivity contribution in [1.82, 2.24) is 5.32 Å². The van der Waals surface area contributed by atoms with Crippen molar-refractivity contribution >= 4 is 0 Å². The molecule has 0 bridgehead atoms. The molecule has 0 spiro atoms. The number of alkyl halides is 3. The van der Waals surface area contributed by atoms with Gasteiger partial charge < -0.3 is 5.32 Å². The Morgan fingerprint density at radius 1 is 0.947 bits per heavy atom. The Morgan fingerprint density at radius 3 is 2.05 bits per heavy atom. The maximum absolute atomic E-state index is 12.8. The second kappa shape index (κ2) is 6.79. The second-order valence-electron chi connectivity index (χ2n) is 4.12. The molecule has 0 aliphatic heterocycles. The molecule has 0 aromatic heterocycles. The number of unbranched alkanes of at least 4 members (excludes halogenated alkanes) is 1. The molecule has 108 valence electrons. The molecule has 19 heavy (non-hydrogen) atoms. The van der Waals surface area contributed by atoms with Crippen LogP contribution in [0.5, 0.6) is 0 Å². The molecule has 1 aromatic carbocycles. The summed E-state index contributed by atoms with van der Waals surface area (Å²) >= 11 is 0. The van der Waals surface area contributed by atoms with E-state index in [0.29, 0.717) is 6.42 Å². The molecule has 1 N–H and O–H groups in total. The zero-order valence-corrected chi connectivity index (χ0v) is 9.96. The van der Waals surface area contributed by atoms with Gasteiger partial charge in [0.25, 0.3) is 0 Å². The molecular weight excluding hydrogens is 272 g/mol. The van der Waals surface area contributed by atoms with E-state index in [4.69, 9.17) is 0 Å². The molecule has 0 heterocycles. The van der Waals surface area contributed by atoms with Gasteiger partial charge in [-0.15, -0.1) is 0 Å². The SMILES string of the molecule is Fc1cc(CNCCCCC(F)(F)F)cc(F)c1F. The van der Waals surface area contributed by atoms with E-state index in [0.717, 1.165) is 12.1 Å². The van der Waals surface area contributed by atoms with Crippen molar-refractivity contribution in [3.05, 3.63) is 35.1 Å². The molecule has 0 atom stereocenters. The lowest BCUT2D eigenvalue weighted by Gasteiger charge is -2.07. The average molecular weight is 285 g/mol. The third kappa shape index (κ3) is 5.96. The van der Waals surface area contributed by atoms with E-state index in [2.05, 4.69) is 5.32 Å². The highest BCUT2D eigenvalue weighted by atomic mass is 19.4. The van der Waals surface area contributed by atoms with Gasteiger partial charge in [-0.25, -0.2) is 13.2 Å². The van der Waals surface area contributed by atoms with Gasteiger partial charge in [-0.05, 0) is 37.1 Å². The van der Waals surface area contributed by atoms with Gasteiger partial charge in [-0.1, -0.05) is 0 Å². The Balaban J connectivity index is 2.27. The third-order valence-electron chi connectivity index (χ3n) is 2.44. The number of halogens is 6. The van der Waals surface area contributed by atoms with Crippen LogP contribution in [0.2, 0.25) is 0 Å². The Labute approximate surface area is 106 Å². The van der Waals surface area contributed by atoms with Gasteiger partial charge in [0.05, 0.1) is 0 Å². The summed E-state index contributed by atoms with van der Waals surface area (Å²) in [6.07, 6.45) is -4.73. The van der Waals surface area contributed by atoms with Crippen molar-refractivity contribution < 1.29 is 26.3 Å². The summed E-state index contributed by atoms with van der Waals surface area (Å²) in [5, 5.41) is 2.74. The highest BCUT2D eigenvalue weighted by Crippen LogP contribution is 2.21. The first-order valence-corrected chi connectivity index (χ1v) is 5.70. The van der Waals surface area contributed by atoms with E-state index >= 15 is 0 Å². The molecule has 0 amide bonds. The van der Waals surface area contributed by atoms with Crippen LogP contribution < -0.4 is 5.32 Å². The molecule has 7 heteroatoms. The van der Waals surface area contributed by atoms with Crippen molar-refractivity contribution in [2.75, 3.05) is 6.54 Å². The number of nitrogens with one attached hydrogen (secondary N) is 1. The number of rotatable bonds is 6. The molecule has 1 aromatic rings. The number of hydrogen-bond donors (Lipinski definition) is 1. The van der Waals surface area contributed by atoms with E-state index in [1.165, 1.54) is 0 Å². The largest absolute Gasteiger partial charge is 0.389 e. The van der Waals surface area contributed by atoms with E-state index in [9.17, 15) is 26.3 Å². The van der Waals surface area contributed by atoms with Crippen molar-refractivity contribution in [2.24, 2.45) is 0 Å². The van der Waals surface area contributed by atoms with Crippen LogP contribution in [0.1, 0.15) is 24.8 Å². The van der Waals surface area contributed by atoms with Crippen molar-refractivity contribution in [3.8, 4) is 0 Å². The summed E-state index contributed by atoms with van der Waals surface area (Å²) in [7, 11) is 0. The van der Waals surface area contributed by atoms with Crippen LogP contribution in [0.4, 0.5) is 26.3 Å². The molecular formula is C12H13F6N. The zero-order chi connectivity index (χ0) is 14.5. The van der Waals surface area contributed by atoms with Crippen molar-refractivity contribution in [2.45, 2.75) is 32.0 Å². The Hall–Kier alpha value is -1.24. The molecule has 0 aliphatic rings. The van der Waals surface area contributed by atoms with E-state index < -0.39 is 30.0 Å². The van der Waals surface area contributed by atoms with Crippen LogP contribution in [-0.2, 0) is 6.54 Å². The summed E-state index contributed by atoms with van der Waals surface area (Å²) in [6.45, 7) is 0.358. The molecule has 0 saturated carbocycles. The van der Waals surface area contributed by atoms with Gasteiger partial charge in [0, 0.05) is 13.0 Å². The van der Waals surface area contributed by atoms with Crippen LogP contribution >= 0.6 is 0 Å². The van der Waals surface area contributed by atoms with Crippen LogP contribution in [0.25, 0.3) is 0 Å². The lowest BCUT2D eigenvalue weighted by molar-refractivity contribution is -0.135. The normalized spacial score (nSPS) is 11.9. The summed E-state index contributed by atoms with van der Waals surface area (Å²) in [5.74, 6) is -4.10. The lowest BCUT2D eigenvalue weighted by Crippen LogP contribution is -2.16. The van der Waals surface area contributed by atoms with Gasteiger partial charge in [-0.3, -0.25) is 0 Å². The van der Waals surface area contributed by atoms with E-state index in [1.807, 2.05) is 0 Å². The zero-order valence-electron chi connectivity index (χ0n) is 9.96. The standard InChI is InChI=1S/C12H13F6N/c13-9-5-8(6-10(14)11(9)15)7-19-4-2-1-3-12(16,17)18/h5-6,19H,1-4,7H2.